The predicted octanol–water partition coefficient (Wildman–Crippen LogP) is 1.73. The molecule has 1 heterocycles. The molecule has 0 fully saturated rings. The van der Waals surface area contributed by atoms with Gasteiger partial charge in [0, 0.05) is 17.8 Å². The largest absolute Gasteiger partial charge is 0.351 e. The molecule has 1 amide bonds. The van der Waals surface area contributed by atoms with Crippen molar-refractivity contribution in [2.75, 3.05) is 13.6 Å². The summed E-state index contributed by atoms with van der Waals surface area (Å²) in [6.45, 7) is 0.571. The van der Waals surface area contributed by atoms with E-state index in [1.807, 2.05) is 12.1 Å². The lowest BCUT2D eigenvalue weighted by atomic mass is 9.77. The molecule has 0 aliphatic heterocycles. The van der Waals surface area contributed by atoms with E-state index in [-0.39, 0.29) is 10.8 Å². The van der Waals surface area contributed by atoms with Gasteiger partial charge >= 0.3 is 0 Å². The Balaban J connectivity index is 1.62. The molecule has 1 unspecified atom stereocenters. The molecule has 1 aliphatic carbocycles. The molecule has 3 rings (SSSR count). The van der Waals surface area contributed by atoms with Crippen molar-refractivity contribution in [2.45, 2.75) is 17.2 Å². The number of hydrogen-bond acceptors (Lipinski definition) is 4. The van der Waals surface area contributed by atoms with Gasteiger partial charge in [0.05, 0.1) is 9.77 Å². The van der Waals surface area contributed by atoms with Gasteiger partial charge in [-0.3, -0.25) is 4.79 Å². The number of amides is 1. The molecule has 22 heavy (non-hydrogen) atoms. The monoisotopic (exact) mass is 336 g/mol. The Morgan fingerprint density at radius 3 is 2.86 bits per heavy atom. The van der Waals surface area contributed by atoms with Gasteiger partial charge in [-0.15, -0.1) is 11.3 Å². The predicted molar refractivity (Wildman–Crippen MR) is 85.8 cm³/mol. The van der Waals surface area contributed by atoms with Crippen LogP contribution in [-0.4, -0.2) is 27.9 Å². The Kier molecular flexibility index (Phi) is 4.03. The quantitative estimate of drug-likeness (QED) is 0.873. The number of nitrogens with one attached hydrogen (secondary N) is 2. The molecule has 0 bridgehead atoms. The third-order valence-electron chi connectivity index (χ3n) is 3.85. The van der Waals surface area contributed by atoms with Crippen molar-refractivity contribution in [1.82, 2.24) is 10.0 Å². The second kappa shape index (κ2) is 5.83. The van der Waals surface area contributed by atoms with Crippen LogP contribution in [0.4, 0.5) is 0 Å². The Bertz CT molecular complexity index is 812. The zero-order chi connectivity index (χ0) is 15.7. The van der Waals surface area contributed by atoms with Gasteiger partial charge in [0.1, 0.15) is 0 Å². The van der Waals surface area contributed by atoms with Gasteiger partial charge < -0.3 is 5.32 Å². The minimum absolute atomic E-state index is 0.124. The summed E-state index contributed by atoms with van der Waals surface area (Å²) in [5, 5.41) is 4.35. The first-order valence-corrected chi connectivity index (χ1v) is 9.25. The highest BCUT2D eigenvalue weighted by Crippen LogP contribution is 2.34. The number of sulfonamides is 1. The first-order chi connectivity index (χ1) is 10.5. The zero-order valence-electron chi connectivity index (χ0n) is 12.0. The molecule has 1 aromatic carbocycles. The van der Waals surface area contributed by atoms with Crippen molar-refractivity contribution >= 4 is 27.3 Å². The lowest BCUT2D eigenvalue weighted by Crippen LogP contribution is -2.32. The third kappa shape index (κ3) is 2.79. The topological polar surface area (TPSA) is 75.3 Å². The Hall–Kier alpha value is -1.70. The van der Waals surface area contributed by atoms with Crippen LogP contribution in [0.3, 0.4) is 0 Å². The summed E-state index contributed by atoms with van der Waals surface area (Å²) < 4.78 is 25.6. The highest BCUT2D eigenvalue weighted by atomic mass is 32.2. The Labute approximate surface area is 133 Å². The Morgan fingerprint density at radius 2 is 2.14 bits per heavy atom. The smallest absolute Gasteiger partial charge is 0.261 e. The van der Waals surface area contributed by atoms with Crippen LogP contribution in [0.1, 0.15) is 26.7 Å². The summed E-state index contributed by atoms with van der Waals surface area (Å²) in [4.78, 5) is 12.6. The fourth-order valence-electron chi connectivity index (χ4n) is 2.54. The normalized spacial score (nSPS) is 16.7. The Morgan fingerprint density at radius 1 is 1.36 bits per heavy atom. The van der Waals surface area contributed by atoms with Crippen LogP contribution in [0, 0.1) is 0 Å². The van der Waals surface area contributed by atoms with Crippen molar-refractivity contribution in [3.63, 3.8) is 0 Å². The van der Waals surface area contributed by atoms with Crippen molar-refractivity contribution in [2.24, 2.45) is 0 Å². The number of fused-ring (bicyclic) bond motifs is 1. The average molecular weight is 336 g/mol. The second-order valence-electron chi connectivity index (χ2n) is 5.16. The highest BCUT2D eigenvalue weighted by Gasteiger charge is 2.26. The molecule has 0 saturated carbocycles. The standard InChI is InChI=1S/C15H16N2O3S2/c1-16-22(19,20)12-7-14(21-9-12)15(18)17-8-11-6-10-4-2-3-5-13(10)11/h2-5,7,9,11,16H,6,8H2,1H3,(H,17,18). The van der Waals surface area contributed by atoms with Crippen LogP contribution >= 0.6 is 11.3 Å². The van der Waals surface area contributed by atoms with Gasteiger partial charge in [-0.1, -0.05) is 24.3 Å². The van der Waals surface area contributed by atoms with Gasteiger partial charge in [0.15, 0.2) is 0 Å². The minimum atomic E-state index is -3.50. The molecule has 116 valence electrons. The molecule has 0 saturated heterocycles. The number of carbonyl (C=O) groups is 1. The van der Waals surface area contributed by atoms with Crippen molar-refractivity contribution < 1.29 is 13.2 Å². The molecule has 2 N–H and O–H groups in total. The fraction of sp³-hybridized carbons (Fsp3) is 0.267. The van der Waals surface area contributed by atoms with Crippen LogP contribution in [-0.2, 0) is 16.4 Å². The van der Waals surface area contributed by atoms with Crippen LogP contribution < -0.4 is 10.0 Å². The number of rotatable bonds is 5. The maximum atomic E-state index is 12.1. The van der Waals surface area contributed by atoms with Gasteiger partial charge in [-0.2, -0.15) is 0 Å². The number of thiophene rings is 1. The van der Waals surface area contributed by atoms with Crippen LogP contribution in [0.2, 0.25) is 0 Å². The molecule has 5 nitrogen and oxygen atoms in total. The minimum Gasteiger partial charge on any atom is -0.351 e. The molecule has 7 heteroatoms. The molecule has 0 radical (unpaired) electrons. The molecule has 2 aromatic rings. The molecule has 1 aliphatic rings. The lowest BCUT2D eigenvalue weighted by molar-refractivity contribution is 0.0954. The van der Waals surface area contributed by atoms with Crippen molar-refractivity contribution in [1.29, 1.82) is 0 Å². The number of benzene rings is 1. The van der Waals surface area contributed by atoms with Crippen molar-refractivity contribution in [3.05, 3.63) is 51.7 Å². The molecular weight excluding hydrogens is 320 g/mol. The van der Waals surface area contributed by atoms with Gasteiger partial charge in [-0.05, 0) is 30.7 Å². The van der Waals surface area contributed by atoms with Gasteiger partial charge in [-0.25, -0.2) is 13.1 Å². The number of carbonyl (C=O) groups excluding carboxylic acids is 1. The van der Waals surface area contributed by atoms with Gasteiger partial charge in [0.2, 0.25) is 10.0 Å². The zero-order valence-corrected chi connectivity index (χ0v) is 13.6. The van der Waals surface area contributed by atoms with E-state index >= 15 is 0 Å². The van der Waals surface area contributed by atoms with Gasteiger partial charge in [0.25, 0.3) is 5.91 Å². The molecular formula is C15H16N2O3S2. The first-order valence-electron chi connectivity index (χ1n) is 6.89. The van der Waals surface area contributed by atoms with E-state index in [1.165, 1.54) is 29.6 Å². The van der Waals surface area contributed by atoms with E-state index in [2.05, 4.69) is 22.2 Å². The summed E-state index contributed by atoms with van der Waals surface area (Å²) in [5.74, 6) is 0.118. The SMILES string of the molecule is CNS(=O)(=O)c1csc(C(=O)NCC2Cc3ccccc32)c1. The van der Waals surface area contributed by atoms with Crippen LogP contribution in [0.15, 0.2) is 40.6 Å². The highest BCUT2D eigenvalue weighted by molar-refractivity contribution is 7.89. The summed E-state index contributed by atoms with van der Waals surface area (Å²) in [6, 6.07) is 9.60. The van der Waals surface area contributed by atoms with E-state index < -0.39 is 10.0 Å². The third-order valence-corrected chi connectivity index (χ3v) is 6.32. The summed E-state index contributed by atoms with van der Waals surface area (Å²) in [7, 11) is -2.15. The van der Waals surface area contributed by atoms with E-state index in [0.717, 1.165) is 17.8 Å². The molecule has 1 atom stereocenters. The van der Waals surface area contributed by atoms with Crippen LogP contribution in [0.25, 0.3) is 0 Å². The lowest BCUT2D eigenvalue weighted by Gasteiger charge is -2.30. The maximum Gasteiger partial charge on any atom is 0.261 e. The first kappa shape index (κ1) is 15.2. The maximum absolute atomic E-state index is 12.1. The summed E-state index contributed by atoms with van der Waals surface area (Å²) in [6.07, 6.45) is 0.972. The van der Waals surface area contributed by atoms with Crippen molar-refractivity contribution in [3.8, 4) is 0 Å². The number of hydrogen-bond donors (Lipinski definition) is 2. The van der Waals surface area contributed by atoms with E-state index in [1.54, 1.807) is 0 Å². The molecule has 1 aromatic heterocycles. The summed E-state index contributed by atoms with van der Waals surface area (Å²) >= 11 is 1.13. The van der Waals surface area contributed by atoms with E-state index in [0.29, 0.717) is 17.3 Å². The second-order valence-corrected chi connectivity index (χ2v) is 7.96. The van der Waals surface area contributed by atoms with E-state index in [4.69, 9.17) is 0 Å². The summed E-state index contributed by atoms with van der Waals surface area (Å²) in [5.41, 5.74) is 2.62. The average Bonchev–Trinajstić information content (AvgIpc) is 2.99. The van der Waals surface area contributed by atoms with E-state index in [9.17, 15) is 13.2 Å². The fourth-order valence-corrected chi connectivity index (χ4v) is 4.46. The molecule has 0 spiro atoms. The van der Waals surface area contributed by atoms with Crippen LogP contribution in [0.5, 0.6) is 0 Å².